The molecule has 0 saturated carbocycles. The zero-order valence-electron chi connectivity index (χ0n) is 19.7. The van der Waals surface area contributed by atoms with Gasteiger partial charge in [0.15, 0.2) is 5.78 Å². The van der Waals surface area contributed by atoms with Gasteiger partial charge >= 0.3 is 5.97 Å². The van der Waals surface area contributed by atoms with E-state index in [1.54, 1.807) is 42.7 Å². The van der Waals surface area contributed by atoms with Crippen LogP contribution in [0.5, 0.6) is 0 Å². The Kier molecular flexibility index (Phi) is 8.32. The van der Waals surface area contributed by atoms with Crippen molar-refractivity contribution in [3.63, 3.8) is 0 Å². The van der Waals surface area contributed by atoms with Crippen LogP contribution in [0.4, 0.5) is 0 Å². The Hall–Kier alpha value is -2.64. The number of hydrogen-bond acceptors (Lipinski definition) is 5. The quantitative estimate of drug-likeness (QED) is 0.396. The number of esters is 1. The zero-order chi connectivity index (χ0) is 24.1. The molecular formula is C25H31ClN2O5. The predicted molar refractivity (Wildman–Crippen MR) is 126 cm³/mol. The highest BCUT2D eigenvalue weighted by atomic mass is 35.5. The van der Waals surface area contributed by atoms with E-state index >= 15 is 0 Å². The molecule has 7 nitrogen and oxygen atoms in total. The Morgan fingerprint density at radius 3 is 2.55 bits per heavy atom. The summed E-state index contributed by atoms with van der Waals surface area (Å²) in [5.74, 6) is -1.01. The Labute approximate surface area is 199 Å². The van der Waals surface area contributed by atoms with Gasteiger partial charge in [-0.05, 0) is 58.2 Å². The summed E-state index contributed by atoms with van der Waals surface area (Å²) in [6.45, 7) is 8.79. The number of ketones is 1. The maximum atomic E-state index is 13.5. The molecule has 1 saturated heterocycles. The molecule has 0 bridgehead atoms. The van der Waals surface area contributed by atoms with E-state index in [-0.39, 0.29) is 30.9 Å². The van der Waals surface area contributed by atoms with Crippen LogP contribution in [0.15, 0.2) is 24.3 Å². The van der Waals surface area contributed by atoms with Crippen molar-refractivity contribution in [2.24, 2.45) is 0 Å². The van der Waals surface area contributed by atoms with Gasteiger partial charge in [0.05, 0.1) is 29.8 Å². The van der Waals surface area contributed by atoms with Crippen LogP contribution < -0.4 is 0 Å². The number of hydrogen-bond donors (Lipinski definition) is 0. The largest absolute Gasteiger partial charge is 0.461 e. The maximum absolute atomic E-state index is 13.5. The van der Waals surface area contributed by atoms with Crippen LogP contribution in [0.25, 0.3) is 0 Å². The van der Waals surface area contributed by atoms with Crippen molar-refractivity contribution in [3.8, 4) is 0 Å². The fourth-order valence-electron chi connectivity index (χ4n) is 4.47. The summed E-state index contributed by atoms with van der Waals surface area (Å²) in [5.41, 5.74) is 2.43. The minimum atomic E-state index is -0.456. The predicted octanol–water partition coefficient (Wildman–Crippen LogP) is 4.46. The van der Waals surface area contributed by atoms with E-state index in [1.807, 2.05) is 13.8 Å². The maximum Gasteiger partial charge on any atom is 0.355 e. The fourth-order valence-corrected chi connectivity index (χ4v) is 4.69. The monoisotopic (exact) mass is 474 g/mol. The third-order valence-electron chi connectivity index (χ3n) is 6.00. The number of halogens is 1. The molecule has 2 aromatic rings. The van der Waals surface area contributed by atoms with Crippen LogP contribution in [0, 0.1) is 13.8 Å². The third-order valence-corrected chi connectivity index (χ3v) is 6.33. The van der Waals surface area contributed by atoms with Crippen molar-refractivity contribution in [2.45, 2.75) is 53.2 Å². The van der Waals surface area contributed by atoms with E-state index in [2.05, 4.69) is 0 Å². The van der Waals surface area contributed by atoms with Crippen LogP contribution in [0.3, 0.4) is 0 Å². The Balaban J connectivity index is 1.94. The van der Waals surface area contributed by atoms with Crippen molar-refractivity contribution < 1.29 is 23.9 Å². The molecule has 2 heterocycles. The van der Waals surface area contributed by atoms with Crippen molar-refractivity contribution in [1.29, 1.82) is 0 Å². The van der Waals surface area contributed by atoms with Crippen LogP contribution in [-0.2, 0) is 16.0 Å². The standard InChI is InChI=1S/C25H31ClN2O5/c1-5-28-17(4)22(16(3)23(28)25(31)32-6-2)21(29)15-27(14-18-10-9-13-33-18)24(30)19-11-7-8-12-20(19)26/h7-8,11-12,18H,5-6,9-10,13-15H2,1-4H3/t18-/m0/s1. The zero-order valence-corrected chi connectivity index (χ0v) is 20.4. The highest BCUT2D eigenvalue weighted by Crippen LogP contribution is 2.25. The smallest absolute Gasteiger partial charge is 0.355 e. The van der Waals surface area contributed by atoms with E-state index in [4.69, 9.17) is 21.1 Å². The molecule has 1 amide bonds. The van der Waals surface area contributed by atoms with Gasteiger partial charge in [0, 0.05) is 31.0 Å². The van der Waals surface area contributed by atoms with Crippen molar-refractivity contribution >= 4 is 29.3 Å². The van der Waals surface area contributed by atoms with Crippen LogP contribution in [-0.4, -0.2) is 59.5 Å². The molecule has 0 N–H and O–H groups in total. The molecule has 1 atom stereocenters. The summed E-state index contributed by atoms with van der Waals surface area (Å²) in [4.78, 5) is 41.0. The summed E-state index contributed by atoms with van der Waals surface area (Å²) < 4.78 is 12.7. The minimum absolute atomic E-state index is 0.123. The molecular weight excluding hydrogens is 444 g/mol. The van der Waals surface area contributed by atoms with Crippen LogP contribution >= 0.6 is 11.6 Å². The van der Waals surface area contributed by atoms with E-state index in [9.17, 15) is 14.4 Å². The average molecular weight is 475 g/mol. The second-order valence-electron chi connectivity index (χ2n) is 8.12. The van der Waals surface area contributed by atoms with Gasteiger partial charge in [-0.3, -0.25) is 9.59 Å². The molecule has 1 aliphatic rings. The molecule has 0 aliphatic carbocycles. The fraction of sp³-hybridized carbons (Fsp3) is 0.480. The second kappa shape index (κ2) is 11.0. The first-order valence-corrected chi connectivity index (χ1v) is 11.7. The van der Waals surface area contributed by atoms with E-state index in [1.165, 1.54) is 4.90 Å². The van der Waals surface area contributed by atoms with Crippen LogP contribution in [0.1, 0.15) is 69.2 Å². The van der Waals surface area contributed by atoms with Gasteiger partial charge in [-0.1, -0.05) is 23.7 Å². The average Bonchev–Trinajstić information content (AvgIpc) is 3.38. The van der Waals surface area contributed by atoms with Crippen molar-refractivity contribution in [1.82, 2.24) is 9.47 Å². The Morgan fingerprint density at radius 2 is 1.94 bits per heavy atom. The van der Waals surface area contributed by atoms with Crippen LogP contribution in [0.2, 0.25) is 5.02 Å². The number of Topliss-reactive ketones (excluding diaryl/α,β-unsaturated/α-hetero) is 1. The number of aromatic nitrogens is 1. The first-order chi connectivity index (χ1) is 15.8. The number of carbonyl (C=O) groups is 3. The van der Waals surface area contributed by atoms with E-state index < -0.39 is 5.97 Å². The van der Waals surface area contributed by atoms with Gasteiger partial charge in [-0.25, -0.2) is 4.79 Å². The minimum Gasteiger partial charge on any atom is -0.461 e. The second-order valence-corrected chi connectivity index (χ2v) is 8.53. The highest BCUT2D eigenvalue weighted by molar-refractivity contribution is 6.33. The SMILES string of the molecule is CCOC(=O)c1c(C)c(C(=O)CN(C[C@@H]2CCCO2)C(=O)c2ccccc2Cl)c(C)n1CC. The lowest BCUT2D eigenvalue weighted by Gasteiger charge is -2.25. The first-order valence-electron chi connectivity index (χ1n) is 11.3. The molecule has 1 aromatic heterocycles. The number of benzene rings is 1. The number of carbonyl (C=O) groups excluding carboxylic acids is 3. The van der Waals surface area contributed by atoms with Gasteiger partial charge in [-0.2, -0.15) is 0 Å². The van der Waals surface area contributed by atoms with Gasteiger partial charge in [0.25, 0.3) is 5.91 Å². The van der Waals surface area contributed by atoms with Gasteiger partial charge in [0.2, 0.25) is 0 Å². The Morgan fingerprint density at radius 1 is 1.21 bits per heavy atom. The molecule has 178 valence electrons. The van der Waals surface area contributed by atoms with Gasteiger partial charge in [0.1, 0.15) is 5.69 Å². The molecule has 0 spiro atoms. The molecule has 3 rings (SSSR count). The molecule has 0 unspecified atom stereocenters. The lowest BCUT2D eigenvalue weighted by atomic mass is 10.0. The number of ether oxygens (including phenoxy) is 2. The van der Waals surface area contributed by atoms with Gasteiger partial charge in [-0.15, -0.1) is 0 Å². The summed E-state index contributed by atoms with van der Waals surface area (Å²) in [5, 5.41) is 0.335. The van der Waals surface area contributed by atoms with Crippen molar-refractivity contribution in [2.75, 3.05) is 26.3 Å². The number of nitrogens with zero attached hydrogens (tertiary/aromatic N) is 2. The highest BCUT2D eigenvalue weighted by Gasteiger charge is 2.30. The van der Waals surface area contributed by atoms with Crippen molar-refractivity contribution in [3.05, 3.63) is 57.4 Å². The molecule has 1 fully saturated rings. The van der Waals surface area contributed by atoms with Gasteiger partial charge < -0.3 is 18.9 Å². The normalized spacial score (nSPS) is 15.5. The summed E-state index contributed by atoms with van der Waals surface area (Å²) in [6.07, 6.45) is 1.63. The van der Waals surface area contributed by atoms with E-state index in [0.29, 0.717) is 52.8 Å². The number of amides is 1. The Bertz CT molecular complexity index is 1040. The lowest BCUT2D eigenvalue weighted by molar-refractivity contribution is 0.0505. The summed E-state index contributed by atoms with van der Waals surface area (Å²) in [6, 6.07) is 6.81. The first kappa shape index (κ1) is 25.0. The molecule has 0 radical (unpaired) electrons. The molecule has 33 heavy (non-hydrogen) atoms. The summed E-state index contributed by atoms with van der Waals surface area (Å²) in [7, 11) is 0. The van der Waals surface area contributed by atoms with E-state index in [0.717, 1.165) is 12.8 Å². The summed E-state index contributed by atoms with van der Waals surface area (Å²) >= 11 is 6.27. The number of rotatable bonds is 9. The molecule has 8 heteroatoms. The molecule has 1 aliphatic heterocycles. The topological polar surface area (TPSA) is 77.8 Å². The molecule has 1 aromatic carbocycles. The lowest BCUT2D eigenvalue weighted by Crippen LogP contribution is -2.41. The third kappa shape index (κ3) is 5.31.